The predicted octanol–water partition coefficient (Wildman–Crippen LogP) is 3.78. The highest BCUT2D eigenvalue weighted by Crippen LogP contribution is 2.24. The van der Waals surface area contributed by atoms with Crippen molar-refractivity contribution in [2.45, 2.75) is 12.8 Å². The van der Waals surface area contributed by atoms with Gasteiger partial charge in [0.1, 0.15) is 0 Å². The Balaban J connectivity index is 2.61. The Morgan fingerprint density at radius 3 is 1.69 bits per heavy atom. The fourth-order valence-corrected chi connectivity index (χ4v) is 2.64. The van der Waals surface area contributed by atoms with Gasteiger partial charge in [0.2, 0.25) is 0 Å². The molecule has 0 spiro atoms. The zero-order chi connectivity index (χ0) is 11.4. The Bertz CT molecular complexity index is 436. The largest absolute Gasteiger partial charge is 0.179 e. The zero-order valence-electron chi connectivity index (χ0n) is 9.19. The molecule has 84 valence electrons. The van der Waals surface area contributed by atoms with Crippen molar-refractivity contribution in [1.29, 1.82) is 0 Å². The summed E-state index contributed by atoms with van der Waals surface area (Å²) in [5.74, 6) is 1.79. The van der Waals surface area contributed by atoms with Crippen molar-refractivity contribution in [1.82, 2.24) is 0 Å². The van der Waals surface area contributed by atoms with Gasteiger partial charge in [-0.1, -0.05) is 36.4 Å². The summed E-state index contributed by atoms with van der Waals surface area (Å²) in [4.78, 5) is 0. The minimum absolute atomic E-state index is 0.897. The second-order valence-corrected chi connectivity index (χ2v) is 4.77. The second-order valence-electron chi connectivity index (χ2n) is 3.88. The summed E-state index contributed by atoms with van der Waals surface area (Å²) in [6.07, 6.45) is 2.06. The van der Waals surface area contributed by atoms with E-state index in [0.29, 0.717) is 0 Å². The molecule has 0 aliphatic rings. The molecule has 0 amide bonds. The van der Waals surface area contributed by atoms with E-state index in [9.17, 15) is 0 Å². The molecule has 16 heavy (non-hydrogen) atoms. The molecule has 2 aromatic rings. The summed E-state index contributed by atoms with van der Waals surface area (Å²) in [5.41, 5.74) is 2.81. The quantitative estimate of drug-likeness (QED) is 0.756. The lowest BCUT2D eigenvalue weighted by Gasteiger charge is -2.10. The van der Waals surface area contributed by atoms with Crippen LogP contribution in [0.25, 0.3) is 10.8 Å². The molecular weight excluding hydrogens is 232 g/mol. The Kier molecular flexibility index (Phi) is 4.19. The van der Waals surface area contributed by atoms with Gasteiger partial charge in [-0.3, -0.25) is 0 Å². The van der Waals surface area contributed by atoms with Gasteiger partial charge < -0.3 is 0 Å². The van der Waals surface area contributed by atoms with Crippen LogP contribution in [0.4, 0.5) is 0 Å². The summed E-state index contributed by atoms with van der Waals surface area (Å²) in [6, 6.07) is 13.0. The molecule has 0 saturated carbocycles. The fraction of sp³-hybridized carbons (Fsp3) is 0.286. The number of hydrogen-bond donors (Lipinski definition) is 2. The average Bonchev–Trinajstić information content (AvgIpc) is 2.30. The van der Waals surface area contributed by atoms with E-state index in [0.717, 1.165) is 24.3 Å². The summed E-state index contributed by atoms with van der Waals surface area (Å²) in [7, 11) is 0. The van der Waals surface area contributed by atoms with Crippen LogP contribution in [0.3, 0.4) is 0 Å². The lowest BCUT2D eigenvalue weighted by atomic mass is 9.96. The van der Waals surface area contributed by atoms with Crippen LogP contribution in [-0.2, 0) is 12.8 Å². The van der Waals surface area contributed by atoms with Gasteiger partial charge in [0.15, 0.2) is 0 Å². The van der Waals surface area contributed by atoms with Crippen molar-refractivity contribution in [2.24, 2.45) is 0 Å². The highest BCUT2D eigenvalue weighted by atomic mass is 32.1. The molecule has 0 saturated heterocycles. The molecule has 0 N–H and O–H groups in total. The standard InChI is InChI=1S/C14H16S2/c15-9-7-12-5-1-3-11-4-2-6-13(8-10-16)14(11)12/h1-6,15-16H,7-10H2. The molecule has 0 fully saturated rings. The van der Waals surface area contributed by atoms with Crippen LogP contribution < -0.4 is 0 Å². The number of hydrogen-bond acceptors (Lipinski definition) is 2. The van der Waals surface area contributed by atoms with Crippen LogP contribution >= 0.6 is 25.3 Å². The molecule has 2 rings (SSSR count). The Labute approximate surface area is 108 Å². The van der Waals surface area contributed by atoms with E-state index in [1.807, 2.05) is 0 Å². The van der Waals surface area contributed by atoms with Gasteiger partial charge in [-0.25, -0.2) is 0 Å². The first-order valence-corrected chi connectivity index (χ1v) is 6.84. The van der Waals surface area contributed by atoms with Crippen LogP contribution in [0.15, 0.2) is 36.4 Å². The maximum Gasteiger partial charge on any atom is -0.00571 e. The van der Waals surface area contributed by atoms with Crippen molar-refractivity contribution in [3.05, 3.63) is 47.5 Å². The summed E-state index contributed by atoms with van der Waals surface area (Å²) in [5, 5.41) is 2.74. The van der Waals surface area contributed by atoms with E-state index in [4.69, 9.17) is 0 Å². The topological polar surface area (TPSA) is 0 Å². The van der Waals surface area contributed by atoms with E-state index in [1.165, 1.54) is 21.9 Å². The first-order valence-electron chi connectivity index (χ1n) is 5.58. The Morgan fingerprint density at radius 2 is 1.25 bits per heavy atom. The van der Waals surface area contributed by atoms with Crippen LogP contribution in [0.5, 0.6) is 0 Å². The number of aryl methyl sites for hydroxylation is 2. The van der Waals surface area contributed by atoms with Gasteiger partial charge in [0.25, 0.3) is 0 Å². The van der Waals surface area contributed by atoms with Gasteiger partial charge in [-0.2, -0.15) is 25.3 Å². The zero-order valence-corrected chi connectivity index (χ0v) is 11.0. The van der Waals surface area contributed by atoms with Crippen LogP contribution in [0.1, 0.15) is 11.1 Å². The van der Waals surface area contributed by atoms with Gasteiger partial charge in [0, 0.05) is 0 Å². The first-order chi connectivity index (χ1) is 7.86. The summed E-state index contributed by atoms with van der Waals surface area (Å²) in [6.45, 7) is 0. The molecule has 2 aromatic carbocycles. The van der Waals surface area contributed by atoms with Gasteiger partial charge in [0.05, 0.1) is 0 Å². The monoisotopic (exact) mass is 248 g/mol. The Morgan fingerprint density at radius 1 is 0.750 bits per heavy atom. The highest BCUT2D eigenvalue weighted by molar-refractivity contribution is 7.80. The SMILES string of the molecule is SCCc1cccc2cccc(CCS)c12. The third-order valence-electron chi connectivity index (χ3n) is 2.84. The maximum atomic E-state index is 4.33. The molecule has 0 atom stereocenters. The van der Waals surface area contributed by atoms with Crippen LogP contribution in [0.2, 0.25) is 0 Å². The van der Waals surface area contributed by atoms with E-state index in [2.05, 4.69) is 61.7 Å². The third kappa shape index (κ3) is 2.38. The molecule has 0 bridgehead atoms. The van der Waals surface area contributed by atoms with Crippen molar-refractivity contribution < 1.29 is 0 Å². The molecule has 0 aliphatic heterocycles. The van der Waals surface area contributed by atoms with Crippen molar-refractivity contribution in [2.75, 3.05) is 11.5 Å². The molecule has 2 heteroatoms. The average molecular weight is 248 g/mol. The minimum atomic E-state index is 0.897. The van der Waals surface area contributed by atoms with Crippen molar-refractivity contribution in [3.63, 3.8) is 0 Å². The molecule has 0 nitrogen and oxygen atoms in total. The summed E-state index contributed by atoms with van der Waals surface area (Å²) < 4.78 is 0. The molecule has 0 unspecified atom stereocenters. The van der Waals surface area contributed by atoms with E-state index in [1.54, 1.807) is 0 Å². The normalized spacial score (nSPS) is 10.9. The molecule has 0 aromatic heterocycles. The number of thiol groups is 2. The lowest BCUT2D eigenvalue weighted by Crippen LogP contribution is -1.94. The summed E-state index contributed by atoms with van der Waals surface area (Å²) >= 11 is 8.66. The number of fused-ring (bicyclic) bond motifs is 1. The van der Waals surface area contributed by atoms with E-state index < -0.39 is 0 Å². The lowest BCUT2D eigenvalue weighted by molar-refractivity contribution is 1.15. The van der Waals surface area contributed by atoms with E-state index in [-0.39, 0.29) is 0 Å². The van der Waals surface area contributed by atoms with Crippen LogP contribution in [-0.4, -0.2) is 11.5 Å². The fourth-order valence-electron chi connectivity index (χ4n) is 2.16. The van der Waals surface area contributed by atoms with Gasteiger partial charge in [-0.05, 0) is 46.2 Å². The Hall–Kier alpha value is -0.600. The highest BCUT2D eigenvalue weighted by Gasteiger charge is 2.04. The number of benzene rings is 2. The molecular formula is C14H16S2. The second kappa shape index (κ2) is 5.65. The third-order valence-corrected chi connectivity index (χ3v) is 3.29. The first kappa shape index (κ1) is 11.9. The maximum absolute atomic E-state index is 4.33. The van der Waals surface area contributed by atoms with Crippen molar-refractivity contribution >= 4 is 36.0 Å². The van der Waals surface area contributed by atoms with Crippen LogP contribution in [0, 0.1) is 0 Å². The smallest absolute Gasteiger partial charge is 0.00571 e. The van der Waals surface area contributed by atoms with Gasteiger partial charge >= 0.3 is 0 Å². The van der Waals surface area contributed by atoms with E-state index >= 15 is 0 Å². The predicted molar refractivity (Wildman–Crippen MR) is 79.1 cm³/mol. The van der Waals surface area contributed by atoms with Crippen molar-refractivity contribution in [3.8, 4) is 0 Å². The molecule has 0 heterocycles. The molecule has 0 aliphatic carbocycles. The number of rotatable bonds is 4. The van der Waals surface area contributed by atoms with Gasteiger partial charge in [-0.15, -0.1) is 0 Å². The minimum Gasteiger partial charge on any atom is -0.179 e. The molecule has 0 radical (unpaired) electrons.